The van der Waals surface area contributed by atoms with Gasteiger partial charge in [0.25, 0.3) is 0 Å². The molecule has 0 bridgehead atoms. The van der Waals surface area contributed by atoms with Crippen molar-refractivity contribution in [2.45, 2.75) is 11.8 Å². The molecule has 2 aromatic heterocycles. The molecule has 0 aromatic carbocycles. The number of rotatable bonds is 3. The molecule has 19 heavy (non-hydrogen) atoms. The topological polar surface area (TPSA) is 56.7 Å². The molecule has 2 aromatic rings. The van der Waals surface area contributed by atoms with Gasteiger partial charge in [-0.25, -0.2) is 9.97 Å². The van der Waals surface area contributed by atoms with Gasteiger partial charge in [-0.1, -0.05) is 0 Å². The van der Waals surface area contributed by atoms with Crippen LogP contribution in [0.1, 0.15) is 0 Å². The lowest BCUT2D eigenvalue weighted by molar-refractivity contribution is 0.700. The average Bonchev–Trinajstić information content (AvgIpc) is 2.88. The summed E-state index contributed by atoms with van der Waals surface area (Å²) in [6.45, 7) is 0.987. The lowest BCUT2D eigenvalue weighted by Gasteiger charge is -2.22. The van der Waals surface area contributed by atoms with Crippen molar-refractivity contribution < 1.29 is 0 Å². The van der Waals surface area contributed by atoms with Crippen LogP contribution in [0.25, 0.3) is 11.3 Å². The van der Waals surface area contributed by atoms with Crippen molar-refractivity contribution in [1.29, 1.82) is 0 Å². The molecule has 4 nitrogen and oxygen atoms in total. The molecule has 3 rings (SSSR count). The second-order valence-corrected chi connectivity index (χ2v) is 6.99. The van der Waals surface area contributed by atoms with Crippen LogP contribution in [-0.2, 0) is 6.54 Å². The van der Waals surface area contributed by atoms with Crippen molar-refractivity contribution in [3.63, 3.8) is 0 Å². The van der Waals surface area contributed by atoms with Crippen LogP contribution in [0.2, 0.25) is 0 Å². The van der Waals surface area contributed by atoms with Crippen LogP contribution < -0.4 is 5.73 Å². The van der Waals surface area contributed by atoms with E-state index in [0.717, 1.165) is 17.8 Å². The summed E-state index contributed by atoms with van der Waals surface area (Å²) in [6.07, 6.45) is 5.47. The quantitative estimate of drug-likeness (QED) is 0.941. The maximum Gasteiger partial charge on any atom is 0.132 e. The first kappa shape index (κ1) is 12.9. The normalized spacial score (nSPS) is 19.5. The average molecular weight is 292 g/mol. The fraction of sp³-hybridized carbons (Fsp3) is 0.385. The van der Waals surface area contributed by atoms with E-state index in [1.165, 1.54) is 17.3 Å². The fourth-order valence-electron chi connectivity index (χ4n) is 2.19. The molecule has 0 saturated carbocycles. The van der Waals surface area contributed by atoms with Gasteiger partial charge in [0.05, 0.1) is 18.2 Å². The zero-order valence-corrected chi connectivity index (χ0v) is 12.2. The molecule has 1 unspecified atom stereocenters. The lowest BCUT2D eigenvalue weighted by atomic mass is 10.2. The van der Waals surface area contributed by atoms with Gasteiger partial charge in [-0.3, -0.25) is 0 Å². The predicted octanol–water partition coefficient (Wildman–Crippen LogP) is 2.38. The maximum atomic E-state index is 5.95. The third kappa shape index (κ3) is 2.90. The van der Waals surface area contributed by atoms with E-state index in [0.29, 0.717) is 11.1 Å². The zero-order valence-electron chi connectivity index (χ0n) is 10.5. The Morgan fingerprint density at radius 3 is 3.16 bits per heavy atom. The summed E-state index contributed by atoms with van der Waals surface area (Å²) in [5.41, 5.74) is 7.98. The van der Waals surface area contributed by atoms with Crippen LogP contribution in [0.15, 0.2) is 30.9 Å². The number of thioether (sulfide) groups is 2. The Bertz CT molecular complexity index is 549. The van der Waals surface area contributed by atoms with Gasteiger partial charge in [-0.15, -0.1) is 0 Å². The number of nitrogens with two attached hydrogens (primary N) is 1. The van der Waals surface area contributed by atoms with Crippen LogP contribution in [0.5, 0.6) is 0 Å². The summed E-state index contributed by atoms with van der Waals surface area (Å²) in [4.78, 5) is 8.42. The first-order chi connectivity index (χ1) is 9.34. The summed E-state index contributed by atoms with van der Waals surface area (Å²) in [7, 11) is 0. The van der Waals surface area contributed by atoms with Crippen LogP contribution in [0.3, 0.4) is 0 Å². The second kappa shape index (κ2) is 5.88. The van der Waals surface area contributed by atoms with Crippen LogP contribution in [0, 0.1) is 0 Å². The SMILES string of the molecule is Nc1ncccc1-c1cncn1CC1CSCCS1. The molecule has 100 valence electrons. The van der Waals surface area contributed by atoms with Crippen LogP contribution in [0.4, 0.5) is 5.82 Å². The number of pyridine rings is 1. The fourth-order valence-corrected chi connectivity index (χ4v) is 4.85. The minimum Gasteiger partial charge on any atom is -0.383 e. The number of imidazole rings is 1. The zero-order chi connectivity index (χ0) is 13.1. The molecule has 0 radical (unpaired) electrons. The van der Waals surface area contributed by atoms with E-state index >= 15 is 0 Å². The Hall–Kier alpha value is -1.14. The van der Waals surface area contributed by atoms with Gasteiger partial charge in [0.1, 0.15) is 5.82 Å². The number of hydrogen-bond donors (Lipinski definition) is 1. The molecule has 0 spiro atoms. The highest BCUT2D eigenvalue weighted by atomic mass is 32.2. The van der Waals surface area contributed by atoms with E-state index in [2.05, 4.69) is 26.3 Å². The second-order valence-electron chi connectivity index (χ2n) is 4.44. The Morgan fingerprint density at radius 1 is 1.42 bits per heavy atom. The molecular weight excluding hydrogens is 276 g/mol. The predicted molar refractivity (Wildman–Crippen MR) is 83.4 cm³/mol. The van der Waals surface area contributed by atoms with E-state index in [4.69, 9.17) is 5.73 Å². The van der Waals surface area contributed by atoms with E-state index < -0.39 is 0 Å². The molecular formula is C13H16N4S2. The minimum absolute atomic E-state index is 0.565. The van der Waals surface area contributed by atoms with Crippen molar-refractivity contribution >= 4 is 29.3 Å². The summed E-state index contributed by atoms with van der Waals surface area (Å²) < 4.78 is 2.19. The van der Waals surface area contributed by atoms with Gasteiger partial charge < -0.3 is 10.3 Å². The molecule has 1 aliphatic rings. The maximum absolute atomic E-state index is 5.95. The van der Waals surface area contributed by atoms with Gasteiger partial charge in [-0.2, -0.15) is 23.5 Å². The number of nitrogen functional groups attached to an aromatic ring is 1. The van der Waals surface area contributed by atoms with Crippen molar-refractivity contribution in [1.82, 2.24) is 14.5 Å². The minimum atomic E-state index is 0.565. The Balaban J connectivity index is 1.84. The number of nitrogens with zero attached hydrogens (tertiary/aromatic N) is 3. The molecule has 1 saturated heterocycles. The van der Waals surface area contributed by atoms with Crippen molar-refractivity contribution in [2.24, 2.45) is 0 Å². The summed E-state index contributed by atoms with van der Waals surface area (Å²) in [5.74, 6) is 4.29. The third-order valence-corrected chi connectivity index (χ3v) is 5.94. The Labute approximate surface area is 121 Å². The molecule has 3 heterocycles. The van der Waals surface area contributed by atoms with Gasteiger partial charge >= 0.3 is 0 Å². The number of aromatic nitrogens is 3. The molecule has 6 heteroatoms. The highest BCUT2D eigenvalue weighted by molar-refractivity contribution is 8.06. The summed E-state index contributed by atoms with van der Waals surface area (Å²) >= 11 is 4.09. The number of hydrogen-bond acceptors (Lipinski definition) is 5. The van der Waals surface area contributed by atoms with E-state index in [-0.39, 0.29) is 0 Å². The molecule has 1 atom stereocenters. The van der Waals surface area contributed by atoms with Crippen LogP contribution >= 0.6 is 23.5 Å². The smallest absolute Gasteiger partial charge is 0.132 e. The molecule has 0 aliphatic carbocycles. The van der Waals surface area contributed by atoms with Gasteiger partial charge in [0, 0.05) is 40.8 Å². The van der Waals surface area contributed by atoms with E-state index in [1.54, 1.807) is 6.20 Å². The van der Waals surface area contributed by atoms with Crippen LogP contribution in [-0.4, -0.2) is 37.0 Å². The number of anilines is 1. The van der Waals surface area contributed by atoms with E-state index in [9.17, 15) is 0 Å². The molecule has 1 fully saturated rings. The molecule has 1 aliphatic heterocycles. The molecule has 0 amide bonds. The van der Waals surface area contributed by atoms with Gasteiger partial charge in [0.15, 0.2) is 0 Å². The van der Waals surface area contributed by atoms with Crippen molar-refractivity contribution in [3.8, 4) is 11.3 Å². The van der Waals surface area contributed by atoms with Gasteiger partial charge in [0.2, 0.25) is 0 Å². The lowest BCUT2D eigenvalue weighted by Crippen LogP contribution is -2.20. The standard InChI is InChI=1S/C13H16N4S2/c14-13-11(2-1-3-16-13)12-6-15-9-17(12)7-10-8-18-4-5-19-10/h1-3,6,9-10H,4-5,7-8H2,(H2,14,16). The summed E-state index contributed by atoms with van der Waals surface area (Å²) in [6, 6.07) is 3.91. The monoisotopic (exact) mass is 292 g/mol. The third-order valence-electron chi connectivity index (χ3n) is 3.11. The first-order valence-corrected chi connectivity index (χ1v) is 8.45. The molecule has 2 N–H and O–H groups in total. The highest BCUT2D eigenvalue weighted by Crippen LogP contribution is 2.28. The van der Waals surface area contributed by atoms with E-state index in [1.807, 2.05) is 36.4 Å². The summed E-state index contributed by atoms with van der Waals surface area (Å²) in [5, 5.41) is 0.657. The van der Waals surface area contributed by atoms with Gasteiger partial charge in [-0.05, 0) is 12.1 Å². The Kier molecular flexibility index (Phi) is 3.98. The van der Waals surface area contributed by atoms with Crippen molar-refractivity contribution in [2.75, 3.05) is 23.0 Å². The first-order valence-electron chi connectivity index (χ1n) is 6.25. The highest BCUT2D eigenvalue weighted by Gasteiger charge is 2.17. The largest absolute Gasteiger partial charge is 0.383 e. The van der Waals surface area contributed by atoms with Crippen molar-refractivity contribution in [3.05, 3.63) is 30.9 Å². The Morgan fingerprint density at radius 2 is 2.37 bits per heavy atom.